The van der Waals surface area contributed by atoms with Crippen molar-refractivity contribution in [1.82, 2.24) is 15.1 Å². The molecule has 0 saturated carbocycles. The molecular formula is C17H16N6. The first-order valence-corrected chi connectivity index (χ1v) is 7.39. The van der Waals surface area contributed by atoms with Gasteiger partial charge in [-0.25, -0.2) is 0 Å². The summed E-state index contributed by atoms with van der Waals surface area (Å²) in [6.45, 7) is 0.510. The maximum absolute atomic E-state index is 5.79. The number of nitrogens with one attached hydrogen (secondary N) is 1. The number of allylic oxidation sites excluding steroid dienone is 3. The summed E-state index contributed by atoms with van der Waals surface area (Å²) in [6, 6.07) is 7.97. The van der Waals surface area contributed by atoms with E-state index in [-0.39, 0.29) is 0 Å². The van der Waals surface area contributed by atoms with Crippen molar-refractivity contribution in [2.45, 2.75) is 0 Å². The van der Waals surface area contributed by atoms with Crippen LogP contribution in [0.2, 0.25) is 0 Å². The highest BCUT2D eigenvalue weighted by Crippen LogP contribution is 2.37. The number of hydrogen-bond donors (Lipinski definition) is 2. The predicted molar refractivity (Wildman–Crippen MR) is 90.0 cm³/mol. The summed E-state index contributed by atoms with van der Waals surface area (Å²) >= 11 is 0. The lowest BCUT2D eigenvalue weighted by Gasteiger charge is -2.37. The third-order valence-electron chi connectivity index (χ3n) is 4.00. The number of rotatable bonds is 4. The summed E-state index contributed by atoms with van der Waals surface area (Å²) < 4.78 is 0. The first kappa shape index (κ1) is 13.7. The first-order chi connectivity index (χ1) is 11.3. The molecule has 6 nitrogen and oxygen atoms in total. The van der Waals surface area contributed by atoms with Gasteiger partial charge < -0.3 is 10.6 Å². The largest absolute Gasteiger partial charge is 0.326 e. The van der Waals surface area contributed by atoms with Gasteiger partial charge in [0.05, 0.1) is 11.2 Å². The van der Waals surface area contributed by atoms with Crippen molar-refractivity contribution in [1.29, 1.82) is 0 Å². The summed E-state index contributed by atoms with van der Waals surface area (Å²) in [6.07, 6.45) is 8.18. The number of azo groups is 1. The molecule has 1 aromatic carbocycles. The maximum Gasteiger partial charge on any atom is 0.130 e. The Morgan fingerprint density at radius 3 is 3.00 bits per heavy atom. The number of nitrogens with two attached hydrogens (primary N) is 1. The van der Waals surface area contributed by atoms with Gasteiger partial charge in [-0.05, 0) is 23.8 Å². The van der Waals surface area contributed by atoms with E-state index in [2.05, 4.69) is 43.6 Å². The summed E-state index contributed by atoms with van der Waals surface area (Å²) in [4.78, 5) is 2.08. The van der Waals surface area contributed by atoms with Crippen molar-refractivity contribution >= 4 is 16.6 Å². The van der Waals surface area contributed by atoms with E-state index in [0.717, 1.165) is 33.6 Å². The van der Waals surface area contributed by atoms with Crippen molar-refractivity contribution in [3.63, 3.8) is 0 Å². The minimum absolute atomic E-state index is 0.510. The number of nitrogens with zero attached hydrogens (tertiary/aromatic N) is 4. The number of H-pyrrole nitrogens is 1. The molecule has 2 aliphatic rings. The van der Waals surface area contributed by atoms with Crippen LogP contribution < -0.4 is 5.73 Å². The molecule has 0 unspecified atom stereocenters. The average molecular weight is 304 g/mol. The number of aromatic nitrogens is 2. The summed E-state index contributed by atoms with van der Waals surface area (Å²) in [5, 5.41) is 16.7. The molecular weight excluding hydrogens is 288 g/mol. The average Bonchev–Trinajstić information content (AvgIpc) is 3.02. The zero-order chi connectivity index (χ0) is 15.8. The number of fused-ring (bicyclic) bond motifs is 3. The minimum atomic E-state index is 0.510. The van der Waals surface area contributed by atoms with Crippen LogP contribution >= 0.6 is 0 Å². The topological polar surface area (TPSA) is 82.7 Å². The molecule has 0 amide bonds. The van der Waals surface area contributed by atoms with Gasteiger partial charge in [0.15, 0.2) is 0 Å². The predicted octanol–water partition coefficient (Wildman–Crippen LogP) is 2.93. The molecule has 1 aromatic heterocycles. The highest BCUT2D eigenvalue weighted by Gasteiger charge is 2.27. The van der Waals surface area contributed by atoms with Gasteiger partial charge in [0.2, 0.25) is 0 Å². The Kier molecular flexibility index (Phi) is 3.17. The van der Waals surface area contributed by atoms with Crippen molar-refractivity contribution in [3.05, 3.63) is 71.4 Å². The van der Waals surface area contributed by atoms with Gasteiger partial charge in [-0.1, -0.05) is 24.3 Å². The van der Waals surface area contributed by atoms with E-state index in [0.29, 0.717) is 12.2 Å². The molecule has 0 aliphatic carbocycles. The Hall–Kier alpha value is -2.99. The lowest BCUT2D eigenvalue weighted by molar-refractivity contribution is 0.541. The highest BCUT2D eigenvalue weighted by atomic mass is 15.2. The number of hydrogen-bond acceptors (Lipinski definition) is 5. The van der Waals surface area contributed by atoms with E-state index >= 15 is 0 Å². The van der Waals surface area contributed by atoms with Crippen molar-refractivity contribution in [3.8, 4) is 0 Å². The molecule has 0 atom stereocenters. The molecule has 23 heavy (non-hydrogen) atoms. The zero-order valence-corrected chi connectivity index (χ0v) is 12.7. The van der Waals surface area contributed by atoms with Gasteiger partial charge in [-0.2, -0.15) is 15.3 Å². The van der Waals surface area contributed by atoms with E-state index in [4.69, 9.17) is 5.73 Å². The normalized spacial score (nSPS) is 17.2. The summed E-state index contributed by atoms with van der Waals surface area (Å²) in [7, 11) is 1.66. The van der Waals surface area contributed by atoms with Crippen LogP contribution in [0.5, 0.6) is 0 Å². The SMILES string of the molecule is CN=N/C(=C\N1c2ccc(CN)c1c2)c1n[nH]c2ccccc12. The van der Waals surface area contributed by atoms with E-state index in [1.807, 2.05) is 30.5 Å². The monoisotopic (exact) mass is 304 g/mol. The number of para-hydroxylation sites is 1. The third-order valence-corrected chi connectivity index (χ3v) is 4.00. The van der Waals surface area contributed by atoms with E-state index in [1.54, 1.807) is 7.05 Å². The molecule has 6 heteroatoms. The van der Waals surface area contributed by atoms with E-state index in [1.165, 1.54) is 0 Å². The van der Waals surface area contributed by atoms with Crippen molar-refractivity contribution in [2.24, 2.45) is 16.0 Å². The van der Waals surface area contributed by atoms with Gasteiger partial charge in [-0.3, -0.25) is 5.10 Å². The molecule has 4 rings (SSSR count). The van der Waals surface area contributed by atoms with Crippen LogP contribution in [0.3, 0.4) is 0 Å². The Balaban J connectivity index is 1.77. The quantitative estimate of drug-likeness (QED) is 0.852. The standard InChI is InChI=1S/C17H16N6/c1-19-20-15(17-13-4-2-3-5-14(13)21-22-17)10-23-12-7-6-11(9-18)16(23)8-12/h2-8,10H,9,18H2,1H3,(H,21,22)/b15-10-,20-19?. The summed E-state index contributed by atoms with van der Waals surface area (Å²) in [5.41, 5.74) is 11.6. The van der Waals surface area contributed by atoms with E-state index < -0.39 is 0 Å². The molecule has 0 saturated heterocycles. The smallest absolute Gasteiger partial charge is 0.130 e. The molecule has 0 spiro atoms. The van der Waals surface area contributed by atoms with Crippen molar-refractivity contribution < 1.29 is 0 Å². The molecule has 3 N–H and O–H groups in total. The molecule has 0 fully saturated rings. The van der Waals surface area contributed by atoms with Gasteiger partial charge in [-0.15, -0.1) is 0 Å². The lowest BCUT2D eigenvalue weighted by atomic mass is 9.97. The van der Waals surface area contributed by atoms with Crippen LogP contribution in [-0.4, -0.2) is 28.7 Å². The fourth-order valence-electron chi connectivity index (χ4n) is 2.84. The molecule has 2 aromatic rings. The van der Waals surface area contributed by atoms with Crippen LogP contribution in [0.15, 0.2) is 75.9 Å². The van der Waals surface area contributed by atoms with Crippen LogP contribution in [0.4, 0.5) is 0 Å². The molecule has 3 heterocycles. The molecule has 2 aliphatic heterocycles. The fourth-order valence-corrected chi connectivity index (χ4v) is 2.84. The highest BCUT2D eigenvalue weighted by molar-refractivity contribution is 5.90. The second-order valence-corrected chi connectivity index (χ2v) is 5.32. The lowest BCUT2D eigenvalue weighted by Crippen LogP contribution is -2.30. The van der Waals surface area contributed by atoms with Crippen LogP contribution in [0, 0.1) is 0 Å². The zero-order valence-electron chi connectivity index (χ0n) is 12.7. The van der Waals surface area contributed by atoms with Gasteiger partial charge in [0, 0.05) is 30.9 Å². The van der Waals surface area contributed by atoms with Crippen LogP contribution in [0.1, 0.15) is 5.69 Å². The van der Waals surface area contributed by atoms with Crippen LogP contribution in [-0.2, 0) is 0 Å². The molecule has 0 radical (unpaired) electrons. The van der Waals surface area contributed by atoms with E-state index in [9.17, 15) is 0 Å². The van der Waals surface area contributed by atoms with Gasteiger partial charge in [0.1, 0.15) is 11.4 Å². The van der Waals surface area contributed by atoms with Crippen LogP contribution in [0.25, 0.3) is 16.6 Å². The third kappa shape index (κ3) is 2.11. The maximum atomic E-state index is 5.79. The minimum Gasteiger partial charge on any atom is -0.326 e. The van der Waals surface area contributed by atoms with Crippen molar-refractivity contribution in [2.75, 3.05) is 13.6 Å². The Morgan fingerprint density at radius 1 is 1.35 bits per heavy atom. The second kappa shape index (κ2) is 5.33. The molecule has 2 bridgehead atoms. The van der Waals surface area contributed by atoms with Gasteiger partial charge >= 0.3 is 0 Å². The fraction of sp³-hybridized carbons (Fsp3) is 0.118. The number of aromatic amines is 1. The first-order valence-electron chi connectivity index (χ1n) is 7.39. The Labute approximate surface area is 133 Å². The Morgan fingerprint density at radius 2 is 2.22 bits per heavy atom. The summed E-state index contributed by atoms with van der Waals surface area (Å²) in [5.74, 6) is 0. The Bertz CT molecular complexity index is 923. The molecule has 114 valence electrons. The van der Waals surface area contributed by atoms with Gasteiger partial charge in [0.25, 0.3) is 0 Å². The number of benzene rings is 1. The second-order valence-electron chi connectivity index (χ2n) is 5.32.